The summed E-state index contributed by atoms with van der Waals surface area (Å²) >= 11 is 3.44. The molecule has 27 heavy (non-hydrogen) atoms. The Balaban J connectivity index is 1.74. The molecule has 3 aromatic rings. The van der Waals surface area contributed by atoms with Gasteiger partial charge in [-0.15, -0.1) is 0 Å². The van der Waals surface area contributed by atoms with Crippen molar-refractivity contribution in [3.63, 3.8) is 0 Å². The lowest BCUT2D eigenvalue weighted by Crippen LogP contribution is -2.05. The first-order chi connectivity index (χ1) is 13.2. The summed E-state index contributed by atoms with van der Waals surface area (Å²) in [6, 6.07) is 12.7. The minimum absolute atomic E-state index is 0.0530. The van der Waals surface area contributed by atoms with Crippen LogP contribution in [0.5, 0.6) is 11.5 Å². The van der Waals surface area contributed by atoms with Gasteiger partial charge < -0.3 is 13.9 Å². The van der Waals surface area contributed by atoms with Crippen LogP contribution in [0.4, 0.5) is 0 Å². The molecule has 0 bridgehead atoms. The van der Waals surface area contributed by atoms with E-state index in [-0.39, 0.29) is 5.43 Å². The van der Waals surface area contributed by atoms with Gasteiger partial charge in [0.1, 0.15) is 23.3 Å². The third-order valence-corrected chi connectivity index (χ3v) is 5.00. The molecule has 0 saturated carbocycles. The molecule has 1 heterocycles. The molecule has 0 fully saturated rings. The van der Waals surface area contributed by atoms with Crippen LogP contribution < -0.4 is 14.9 Å². The summed E-state index contributed by atoms with van der Waals surface area (Å²) in [5.41, 5.74) is 1.82. The molecule has 4 nitrogen and oxygen atoms in total. The molecule has 1 aromatic heterocycles. The molecule has 0 aliphatic rings. The summed E-state index contributed by atoms with van der Waals surface area (Å²) in [7, 11) is 1.61. The molecule has 3 rings (SSSR count). The predicted octanol–water partition coefficient (Wildman–Crippen LogP) is 5.80. The van der Waals surface area contributed by atoms with Crippen LogP contribution in [0.25, 0.3) is 22.1 Å². The number of ether oxygens (including phenoxy) is 2. The maximum Gasteiger partial charge on any atom is 0.200 e. The number of hydrogen-bond acceptors (Lipinski definition) is 4. The SMILES string of the molecule is COc1ccc(-c2coc3cc(OCCCCCCBr)ccc3c2=O)cc1. The molecular formula is C22H23BrO4. The Morgan fingerprint density at radius 1 is 0.963 bits per heavy atom. The fraction of sp³-hybridized carbons (Fsp3) is 0.318. The Morgan fingerprint density at radius 3 is 2.44 bits per heavy atom. The third-order valence-electron chi connectivity index (χ3n) is 4.44. The molecule has 0 spiro atoms. The average Bonchev–Trinajstić information content (AvgIpc) is 2.71. The molecule has 0 atom stereocenters. The van der Waals surface area contributed by atoms with Gasteiger partial charge in [0.25, 0.3) is 0 Å². The lowest BCUT2D eigenvalue weighted by atomic mass is 10.1. The standard InChI is InChI=1S/C22H23BrO4/c1-25-17-8-6-16(7-9-17)20-15-27-21-14-18(10-11-19(21)22(20)24)26-13-5-3-2-4-12-23/h6-11,14-15H,2-5,12-13H2,1H3. The monoisotopic (exact) mass is 430 g/mol. The summed E-state index contributed by atoms with van der Waals surface area (Å²) in [4.78, 5) is 12.8. The van der Waals surface area contributed by atoms with E-state index in [1.807, 2.05) is 30.3 Å². The Morgan fingerprint density at radius 2 is 1.70 bits per heavy atom. The molecular weight excluding hydrogens is 408 g/mol. The molecule has 5 heteroatoms. The van der Waals surface area contributed by atoms with E-state index < -0.39 is 0 Å². The first-order valence-corrected chi connectivity index (χ1v) is 10.2. The highest BCUT2D eigenvalue weighted by Gasteiger charge is 2.10. The van der Waals surface area contributed by atoms with Crippen molar-refractivity contribution in [2.24, 2.45) is 0 Å². The highest BCUT2D eigenvalue weighted by molar-refractivity contribution is 9.09. The number of fused-ring (bicyclic) bond motifs is 1. The summed E-state index contributed by atoms with van der Waals surface area (Å²) in [5, 5.41) is 1.60. The average molecular weight is 431 g/mol. The normalized spacial score (nSPS) is 10.9. The van der Waals surface area contributed by atoms with Crippen LogP contribution in [0.2, 0.25) is 0 Å². The van der Waals surface area contributed by atoms with E-state index in [2.05, 4.69) is 15.9 Å². The fourth-order valence-corrected chi connectivity index (χ4v) is 3.30. The van der Waals surface area contributed by atoms with Crippen molar-refractivity contribution >= 4 is 26.9 Å². The molecule has 0 aliphatic carbocycles. The van der Waals surface area contributed by atoms with E-state index >= 15 is 0 Å². The second-order valence-corrected chi connectivity index (χ2v) is 7.11. The van der Waals surface area contributed by atoms with Crippen LogP contribution in [-0.2, 0) is 0 Å². The largest absolute Gasteiger partial charge is 0.497 e. The number of halogens is 1. The number of unbranched alkanes of at least 4 members (excludes halogenated alkanes) is 3. The van der Waals surface area contributed by atoms with Crippen LogP contribution in [0.15, 0.2) is 57.9 Å². The van der Waals surface area contributed by atoms with Gasteiger partial charge in [0.15, 0.2) is 5.43 Å². The molecule has 0 aliphatic heterocycles. The Bertz CT molecular complexity index is 931. The van der Waals surface area contributed by atoms with Crippen LogP contribution in [0.3, 0.4) is 0 Å². The van der Waals surface area contributed by atoms with Crippen molar-refractivity contribution in [2.75, 3.05) is 19.0 Å². The van der Waals surface area contributed by atoms with Crippen LogP contribution >= 0.6 is 15.9 Å². The molecule has 142 valence electrons. The van der Waals surface area contributed by atoms with Crippen molar-refractivity contribution < 1.29 is 13.9 Å². The zero-order valence-electron chi connectivity index (χ0n) is 15.4. The number of hydrogen-bond donors (Lipinski definition) is 0. The highest BCUT2D eigenvalue weighted by atomic mass is 79.9. The minimum Gasteiger partial charge on any atom is -0.497 e. The summed E-state index contributed by atoms with van der Waals surface area (Å²) in [6.07, 6.45) is 6.08. The quantitative estimate of drug-likeness (QED) is 0.317. The zero-order chi connectivity index (χ0) is 19.1. The first-order valence-electron chi connectivity index (χ1n) is 9.11. The first kappa shape index (κ1) is 19.5. The molecule has 0 saturated heterocycles. The lowest BCUT2D eigenvalue weighted by molar-refractivity contribution is 0.305. The van der Waals surface area contributed by atoms with Crippen molar-refractivity contribution in [3.05, 3.63) is 59.0 Å². The van der Waals surface area contributed by atoms with Crippen molar-refractivity contribution in [2.45, 2.75) is 25.7 Å². The number of alkyl halides is 1. The molecule has 0 unspecified atom stereocenters. The minimum atomic E-state index is -0.0530. The lowest BCUT2D eigenvalue weighted by Gasteiger charge is -2.08. The third kappa shape index (κ3) is 4.92. The van der Waals surface area contributed by atoms with Gasteiger partial charge in [0.2, 0.25) is 0 Å². The fourth-order valence-electron chi connectivity index (χ4n) is 2.91. The smallest absolute Gasteiger partial charge is 0.200 e. The number of benzene rings is 2. The van der Waals surface area contributed by atoms with Gasteiger partial charge in [-0.2, -0.15) is 0 Å². The maximum atomic E-state index is 12.8. The van der Waals surface area contributed by atoms with Gasteiger partial charge >= 0.3 is 0 Å². The van der Waals surface area contributed by atoms with Gasteiger partial charge in [0, 0.05) is 11.4 Å². The predicted molar refractivity (Wildman–Crippen MR) is 112 cm³/mol. The van der Waals surface area contributed by atoms with E-state index in [1.54, 1.807) is 19.2 Å². The van der Waals surface area contributed by atoms with Gasteiger partial charge in [-0.3, -0.25) is 4.79 Å². The van der Waals surface area contributed by atoms with Gasteiger partial charge in [-0.05, 0) is 42.7 Å². The summed E-state index contributed by atoms with van der Waals surface area (Å²) < 4.78 is 16.7. The van der Waals surface area contributed by atoms with Crippen LogP contribution in [0.1, 0.15) is 25.7 Å². The van der Waals surface area contributed by atoms with Crippen molar-refractivity contribution in [3.8, 4) is 22.6 Å². The Kier molecular flexibility index (Phi) is 6.93. The van der Waals surface area contributed by atoms with Gasteiger partial charge in [-0.25, -0.2) is 0 Å². The topological polar surface area (TPSA) is 48.7 Å². The summed E-state index contributed by atoms with van der Waals surface area (Å²) in [5.74, 6) is 1.47. The van der Waals surface area contributed by atoms with E-state index in [9.17, 15) is 4.79 Å². The molecule has 0 radical (unpaired) electrons. The zero-order valence-corrected chi connectivity index (χ0v) is 17.0. The van der Waals surface area contributed by atoms with Crippen LogP contribution in [0, 0.1) is 0 Å². The van der Waals surface area contributed by atoms with Crippen molar-refractivity contribution in [1.82, 2.24) is 0 Å². The molecule has 2 aromatic carbocycles. The Hall–Kier alpha value is -2.27. The van der Waals surface area contributed by atoms with E-state index in [0.717, 1.165) is 35.2 Å². The van der Waals surface area contributed by atoms with Crippen LogP contribution in [-0.4, -0.2) is 19.0 Å². The van der Waals surface area contributed by atoms with E-state index in [0.29, 0.717) is 23.1 Å². The van der Waals surface area contributed by atoms with E-state index in [1.165, 1.54) is 19.1 Å². The number of rotatable bonds is 9. The number of methoxy groups -OCH3 is 1. The highest BCUT2D eigenvalue weighted by Crippen LogP contribution is 2.24. The summed E-state index contributed by atoms with van der Waals surface area (Å²) in [6.45, 7) is 0.669. The van der Waals surface area contributed by atoms with Gasteiger partial charge in [0.05, 0.1) is 24.7 Å². The molecule has 0 amide bonds. The second-order valence-electron chi connectivity index (χ2n) is 6.32. The van der Waals surface area contributed by atoms with Gasteiger partial charge in [-0.1, -0.05) is 40.9 Å². The Labute approximate surface area is 167 Å². The van der Waals surface area contributed by atoms with E-state index in [4.69, 9.17) is 13.9 Å². The second kappa shape index (κ2) is 9.60. The van der Waals surface area contributed by atoms with Crippen molar-refractivity contribution in [1.29, 1.82) is 0 Å². The maximum absolute atomic E-state index is 12.8. The molecule has 0 N–H and O–H groups in total.